The van der Waals surface area contributed by atoms with Gasteiger partial charge in [-0.05, 0) is 37.5 Å². The minimum Gasteiger partial charge on any atom is -0.392 e. The van der Waals surface area contributed by atoms with Gasteiger partial charge in [0.1, 0.15) is 10.7 Å². The zero-order valence-corrected chi connectivity index (χ0v) is 11.6. The zero-order chi connectivity index (χ0) is 14.1. The summed E-state index contributed by atoms with van der Waals surface area (Å²) in [4.78, 5) is -0.363. The first-order chi connectivity index (χ1) is 8.86. The van der Waals surface area contributed by atoms with E-state index in [-0.39, 0.29) is 11.5 Å². The van der Waals surface area contributed by atoms with Crippen LogP contribution in [0.15, 0.2) is 23.1 Å². The van der Waals surface area contributed by atoms with E-state index in [2.05, 4.69) is 4.72 Å². The van der Waals surface area contributed by atoms with Gasteiger partial charge < -0.3 is 5.11 Å². The third-order valence-corrected chi connectivity index (χ3v) is 5.23. The van der Waals surface area contributed by atoms with Gasteiger partial charge >= 0.3 is 0 Å². The van der Waals surface area contributed by atoms with Crippen LogP contribution < -0.4 is 4.72 Å². The molecule has 2 rings (SSSR count). The normalized spacial score (nSPS) is 18.7. The van der Waals surface area contributed by atoms with Crippen molar-refractivity contribution in [3.05, 3.63) is 29.6 Å². The number of aliphatic hydroxyl groups excluding tert-OH is 1. The van der Waals surface area contributed by atoms with Gasteiger partial charge in [-0.25, -0.2) is 17.5 Å². The lowest BCUT2D eigenvalue weighted by Gasteiger charge is -2.25. The maximum atomic E-state index is 13.8. The van der Waals surface area contributed by atoms with E-state index in [1.807, 2.05) is 6.92 Å². The van der Waals surface area contributed by atoms with E-state index in [0.717, 1.165) is 31.7 Å². The van der Waals surface area contributed by atoms with Crippen molar-refractivity contribution < 1.29 is 17.9 Å². The first-order valence-corrected chi connectivity index (χ1v) is 7.78. The molecule has 0 amide bonds. The minimum atomic E-state index is -3.86. The molecule has 0 spiro atoms. The molecule has 1 aromatic carbocycles. The van der Waals surface area contributed by atoms with Gasteiger partial charge in [0.15, 0.2) is 0 Å². The molecule has 0 bridgehead atoms. The molecule has 0 atom stereocenters. The van der Waals surface area contributed by atoms with Gasteiger partial charge in [-0.1, -0.05) is 18.9 Å². The molecule has 0 radical (unpaired) electrons. The number of hydrogen-bond acceptors (Lipinski definition) is 3. The summed E-state index contributed by atoms with van der Waals surface area (Å²) < 4.78 is 40.8. The molecular weight excluding hydrogens is 269 g/mol. The van der Waals surface area contributed by atoms with Crippen molar-refractivity contribution >= 4 is 10.0 Å². The van der Waals surface area contributed by atoms with Crippen molar-refractivity contribution in [1.82, 2.24) is 4.72 Å². The van der Waals surface area contributed by atoms with E-state index in [9.17, 15) is 12.8 Å². The Kier molecular flexibility index (Phi) is 3.94. The molecule has 0 heterocycles. The molecule has 0 saturated heterocycles. The molecule has 0 aromatic heterocycles. The van der Waals surface area contributed by atoms with Crippen LogP contribution in [0.5, 0.6) is 0 Å². The molecule has 2 N–H and O–H groups in total. The molecule has 6 heteroatoms. The molecule has 0 aliphatic heterocycles. The lowest BCUT2D eigenvalue weighted by Crippen LogP contribution is -2.43. The maximum Gasteiger partial charge on any atom is 0.243 e. The molecular formula is C13H18FNO3S. The summed E-state index contributed by atoms with van der Waals surface area (Å²) in [5.41, 5.74) is -0.135. The highest BCUT2D eigenvalue weighted by molar-refractivity contribution is 7.89. The van der Waals surface area contributed by atoms with Crippen LogP contribution in [0.4, 0.5) is 4.39 Å². The van der Waals surface area contributed by atoms with Gasteiger partial charge in [0.05, 0.1) is 6.61 Å². The third-order valence-electron chi connectivity index (χ3n) is 3.56. The van der Waals surface area contributed by atoms with Crippen molar-refractivity contribution in [2.45, 2.75) is 49.6 Å². The fourth-order valence-electron chi connectivity index (χ4n) is 2.50. The van der Waals surface area contributed by atoms with Gasteiger partial charge in [0, 0.05) is 5.54 Å². The van der Waals surface area contributed by atoms with Crippen LogP contribution in [0.3, 0.4) is 0 Å². The zero-order valence-electron chi connectivity index (χ0n) is 10.8. The number of rotatable bonds is 4. The SMILES string of the molecule is CC1(NS(=O)(=O)c2ccc(CO)cc2F)CCCC1. The smallest absolute Gasteiger partial charge is 0.243 e. The van der Waals surface area contributed by atoms with E-state index in [0.29, 0.717) is 5.56 Å². The summed E-state index contributed by atoms with van der Waals surface area (Å²) in [6.07, 6.45) is 3.49. The summed E-state index contributed by atoms with van der Waals surface area (Å²) in [5, 5.41) is 8.89. The maximum absolute atomic E-state index is 13.8. The van der Waals surface area contributed by atoms with E-state index in [1.54, 1.807) is 0 Å². The Bertz CT molecular complexity index is 565. The van der Waals surface area contributed by atoms with Crippen LogP contribution in [-0.4, -0.2) is 19.1 Å². The topological polar surface area (TPSA) is 66.4 Å². The highest BCUT2D eigenvalue weighted by Crippen LogP contribution is 2.31. The van der Waals surface area contributed by atoms with Crippen molar-refractivity contribution in [1.29, 1.82) is 0 Å². The predicted octanol–water partition coefficient (Wildman–Crippen LogP) is 1.93. The monoisotopic (exact) mass is 287 g/mol. The van der Waals surface area contributed by atoms with Crippen molar-refractivity contribution in [2.24, 2.45) is 0 Å². The summed E-state index contributed by atoms with van der Waals surface area (Å²) >= 11 is 0. The second kappa shape index (κ2) is 5.19. The van der Waals surface area contributed by atoms with Gasteiger partial charge in [-0.15, -0.1) is 0 Å². The Morgan fingerprint density at radius 2 is 2.00 bits per heavy atom. The van der Waals surface area contributed by atoms with Gasteiger partial charge in [0.25, 0.3) is 0 Å². The van der Waals surface area contributed by atoms with E-state index < -0.39 is 21.4 Å². The van der Waals surface area contributed by atoms with Crippen molar-refractivity contribution in [2.75, 3.05) is 0 Å². The molecule has 19 heavy (non-hydrogen) atoms. The third kappa shape index (κ3) is 3.13. The molecule has 1 fully saturated rings. The molecule has 1 aliphatic carbocycles. The Morgan fingerprint density at radius 3 is 2.53 bits per heavy atom. The minimum absolute atomic E-state index is 0.317. The highest BCUT2D eigenvalue weighted by Gasteiger charge is 2.34. The first kappa shape index (κ1) is 14.4. The Balaban J connectivity index is 2.29. The number of nitrogens with one attached hydrogen (secondary N) is 1. The largest absolute Gasteiger partial charge is 0.392 e. The molecule has 1 aromatic rings. The van der Waals surface area contributed by atoms with Crippen LogP contribution >= 0.6 is 0 Å². The Morgan fingerprint density at radius 1 is 1.37 bits per heavy atom. The van der Waals surface area contributed by atoms with Crippen molar-refractivity contribution in [3.8, 4) is 0 Å². The number of sulfonamides is 1. The Hall–Kier alpha value is -0.980. The number of halogens is 1. The predicted molar refractivity (Wildman–Crippen MR) is 69.5 cm³/mol. The van der Waals surface area contributed by atoms with Gasteiger partial charge in [-0.3, -0.25) is 0 Å². The number of aliphatic hydroxyl groups is 1. The van der Waals surface area contributed by atoms with Crippen molar-refractivity contribution in [3.63, 3.8) is 0 Å². The van der Waals surface area contributed by atoms with Crippen LogP contribution in [0.25, 0.3) is 0 Å². The van der Waals surface area contributed by atoms with E-state index in [4.69, 9.17) is 5.11 Å². The average Bonchev–Trinajstić information content (AvgIpc) is 2.74. The summed E-state index contributed by atoms with van der Waals surface area (Å²) in [6, 6.07) is 3.65. The average molecular weight is 287 g/mol. The van der Waals surface area contributed by atoms with Crippen LogP contribution in [-0.2, 0) is 16.6 Å². The van der Waals surface area contributed by atoms with E-state index >= 15 is 0 Å². The number of hydrogen-bond donors (Lipinski definition) is 2. The lowest BCUT2D eigenvalue weighted by molar-refractivity contribution is 0.281. The standard InChI is InChI=1S/C13H18FNO3S/c1-13(6-2-3-7-13)15-19(17,18)12-5-4-10(9-16)8-11(12)14/h4-5,8,15-16H,2-3,6-7,9H2,1H3. The molecule has 4 nitrogen and oxygen atoms in total. The van der Waals surface area contributed by atoms with Crippen LogP contribution in [0, 0.1) is 5.82 Å². The number of benzene rings is 1. The molecule has 0 unspecified atom stereocenters. The molecule has 106 valence electrons. The molecule has 1 aliphatic rings. The molecule has 1 saturated carbocycles. The van der Waals surface area contributed by atoms with Crippen LogP contribution in [0.2, 0.25) is 0 Å². The first-order valence-electron chi connectivity index (χ1n) is 6.30. The lowest BCUT2D eigenvalue weighted by atomic mass is 10.0. The van der Waals surface area contributed by atoms with E-state index in [1.165, 1.54) is 12.1 Å². The summed E-state index contributed by atoms with van der Waals surface area (Å²) in [7, 11) is -3.86. The second-order valence-electron chi connectivity index (χ2n) is 5.30. The van der Waals surface area contributed by atoms with Crippen LogP contribution in [0.1, 0.15) is 38.2 Å². The summed E-state index contributed by atoms with van der Waals surface area (Å²) in [6.45, 7) is 1.53. The second-order valence-corrected chi connectivity index (χ2v) is 6.95. The van der Waals surface area contributed by atoms with Gasteiger partial charge in [0.2, 0.25) is 10.0 Å². The quantitative estimate of drug-likeness (QED) is 0.889. The fourth-order valence-corrected chi connectivity index (χ4v) is 4.02. The Labute approximate surface area is 112 Å². The van der Waals surface area contributed by atoms with Gasteiger partial charge in [-0.2, -0.15) is 0 Å². The highest BCUT2D eigenvalue weighted by atomic mass is 32.2. The summed E-state index contributed by atoms with van der Waals surface area (Å²) in [5.74, 6) is -0.833. The fraction of sp³-hybridized carbons (Fsp3) is 0.538.